The van der Waals surface area contributed by atoms with Crippen molar-refractivity contribution >= 4 is 57.8 Å². The van der Waals surface area contributed by atoms with Crippen molar-refractivity contribution in [3.05, 3.63) is 69.6 Å². The predicted molar refractivity (Wildman–Crippen MR) is 125 cm³/mol. The van der Waals surface area contributed by atoms with Crippen LogP contribution in [-0.4, -0.2) is 54.6 Å². The summed E-state index contributed by atoms with van der Waals surface area (Å²) in [4.78, 5) is 21.3. The highest BCUT2D eigenvalue weighted by Gasteiger charge is 2.33. The van der Waals surface area contributed by atoms with Crippen molar-refractivity contribution in [2.75, 3.05) is 43.5 Å². The van der Waals surface area contributed by atoms with E-state index in [0.717, 1.165) is 38.6 Å². The van der Waals surface area contributed by atoms with E-state index >= 15 is 0 Å². The van der Waals surface area contributed by atoms with Gasteiger partial charge < -0.3 is 4.74 Å². The molecule has 2 aromatic carbocycles. The highest BCUT2D eigenvalue weighted by molar-refractivity contribution is 8.14. The molecule has 9 heteroatoms. The number of thioether (sulfide) groups is 1. The molecule has 2 heterocycles. The minimum atomic E-state index is -0.479. The smallest absolute Gasteiger partial charge is 0.283 e. The Morgan fingerprint density at radius 3 is 2.65 bits per heavy atom. The SMILES string of the molecule is O=C1/C(=C\c2ccc(Cl)c(Cl)c2)N=C(SCCN2CCOCC2)N1c1ccccc1F. The lowest BCUT2D eigenvalue weighted by atomic mass is 10.2. The van der Waals surface area contributed by atoms with Crippen molar-refractivity contribution < 1.29 is 13.9 Å². The van der Waals surface area contributed by atoms with E-state index in [0.29, 0.717) is 20.8 Å². The van der Waals surface area contributed by atoms with Crippen molar-refractivity contribution in [1.29, 1.82) is 0 Å². The first-order valence-electron chi connectivity index (χ1n) is 9.80. The molecule has 0 spiro atoms. The Kier molecular flexibility index (Phi) is 7.30. The van der Waals surface area contributed by atoms with Crippen molar-refractivity contribution in [1.82, 2.24) is 4.90 Å². The summed E-state index contributed by atoms with van der Waals surface area (Å²) in [6, 6.07) is 11.3. The number of carbonyl (C=O) groups is 1. The first-order chi connectivity index (χ1) is 15.0. The van der Waals surface area contributed by atoms with Crippen molar-refractivity contribution in [2.24, 2.45) is 4.99 Å². The van der Waals surface area contributed by atoms with Gasteiger partial charge in [-0.1, -0.05) is 53.2 Å². The summed E-state index contributed by atoms with van der Waals surface area (Å²) in [6.45, 7) is 4.04. The third kappa shape index (κ3) is 5.30. The minimum Gasteiger partial charge on any atom is -0.379 e. The molecule has 1 amide bonds. The van der Waals surface area contributed by atoms with E-state index in [1.165, 1.54) is 22.7 Å². The molecule has 0 radical (unpaired) electrons. The summed E-state index contributed by atoms with van der Waals surface area (Å²) >= 11 is 13.5. The second-order valence-corrected chi connectivity index (χ2v) is 8.87. The zero-order valence-corrected chi connectivity index (χ0v) is 18.9. The van der Waals surface area contributed by atoms with E-state index in [2.05, 4.69) is 9.89 Å². The van der Waals surface area contributed by atoms with Gasteiger partial charge in [-0.25, -0.2) is 9.38 Å². The van der Waals surface area contributed by atoms with Crippen LogP contribution in [0.4, 0.5) is 10.1 Å². The lowest BCUT2D eigenvalue weighted by Gasteiger charge is -2.26. The topological polar surface area (TPSA) is 45.1 Å². The monoisotopic (exact) mass is 479 g/mol. The molecule has 2 aliphatic rings. The number of rotatable bonds is 5. The van der Waals surface area contributed by atoms with Crippen LogP contribution in [0.3, 0.4) is 0 Å². The Hall–Kier alpha value is -1.90. The standard InChI is InChI=1S/C22H20Cl2FN3O2S/c23-16-6-5-15(13-17(16)24)14-19-21(29)28(20-4-2-1-3-18(20)25)22(26-19)31-12-9-27-7-10-30-11-8-27/h1-6,13-14H,7-12H2/b19-14+. The molecule has 0 atom stereocenters. The van der Waals surface area contributed by atoms with Gasteiger partial charge >= 0.3 is 0 Å². The molecule has 5 nitrogen and oxygen atoms in total. The van der Waals surface area contributed by atoms with Gasteiger partial charge in [-0.15, -0.1) is 0 Å². The number of aliphatic imine (C=N–C) groups is 1. The van der Waals surface area contributed by atoms with Crippen molar-refractivity contribution in [2.45, 2.75) is 0 Å². The van der Waals surface area contributed by atoms with E-state index in [4.69, 9.17) is 27.9 Å². The fourth-order valence-corrected chi connectivity index (χ4v) is 4.60. The number of morpholine rings is 1. The largest absolute Gasteiger partial charge is 0.379 e. The van der Waals surface area contributed by atoms with Crippen molar-refractivity contribution in [3.63, 3.8) is 0 Å². The molecular formula is C22H20Cl2FN3O2S. The zero-order valence-electron chi connectivity index (χ0n) is 16.6. The highest BCUT2D eigenvalue weighted by atomic mass is 35.5. The van der Waals surface area contributed by atoms with E-state index in [1.807, 2.05) is 0 Å². The fraction of sp³-hybridized carbons (Fsp3) is 0.273. The van der Waals surface area contributed by atoms with Crippen LogP contribution in [0.25, 0.3) is 6.08 Å². The van der Waals surface area contributed by atoms with E-state index in [-0.39, 0.29) is 17.3 Å². The van der Waals surface area contributed by atoms with Crippen LogP contribution in [-0.2, 0) is 9.53 Å². The maximum Gasteiger partial charge on any atom is 0.283 e. The average molecular weight is 480 g/mol. The Morgan fingerprint density at radius 2 is 1.90 bits per heavy atom. The van der Waals surface area contributed by atoms with Crippen molar-refractivity contribution in [3.8, 4) is 0 Å². The quantitative estimate of drug-likeness (QED) is 0.569. The number of amides is 1. The second-order valence-electron chi connectivity index (χ2n) is 6.99. The lowest BCUT2D eigenvalue weighted by molar-refractivity contribution is -0.113. The number of hydrogen-bond donors (Lipinski definition) is 0. The first kappa shape index (κ1) is 22.3. The van der Waals surface area contributed by atoms with Crippen LogP contribution >= 0.6 is 35.0 Å². The van der Waals surface area contributed by atoms with Crippen LogP contribution in [0, 0.1) is 5.82 Å². The summed E-state index contributed by atoms with van der Waals surface area (Å²) < 4.78 is 19.9. The van der Waals surface area contributed by atoms with Gasteiger partial charge in [0.05, 0.1) is 28.9 Å². The molecule has 0 aromatic heterocycles. The fourth-order valence-electron chi connectivity index (χ4n) is 3.29. The molecule has 1 saturated heterocycles. The number of hydrogen-bond acceptors (Lipinski definition) is 5. The summed E-state index contributed by atoms with van der Waals surface area (Å²) in [5.74, 6) is -0.143. The van der Waals surface area contributed by atoms with Crippen LogP contribution in [0.15, 0.2) is 53.2 Å². The van der Waals surface area contributed by atoms with Crippen LogP contribution in [0.1, 0.15) is 5.56 Å². The molecule has 1 fully saturated rings. The van der Waals surface area contributed by atoms with Gasteiger partial charge in [0.1, 0.15) is 11.5 Å². The van der Waals surface area contributed by atoms with Gasteiger partial charge in [-0.3, -0.25) is 14.6 Å². The molecule has 162 valence electrons. The number of amidine groups is 1. The van der Waals surface area contributed by atoms with Gasteiger partial charge in [0, 0.05) is 25.4 Å². The van der Waals surface area contributed by atoms with Crippen LogP contribution in [0.5, 0.6) is 0 Å². The summed E-state index contributed by atoms with van der Waals surface area (Å²) in [7, 11) is 0. The molecule has 0 aliphatic carbocycles. The Labute approximate surface area is 194 Å². The first-order valence-corrected chi connectivity index (χ1v) is 11.5. The average Bonchev–Trinajstić information content (AvgIpc) is 3.07. The summed E-state index contributed by atoms with van der Waals surface area (Å²) in [5.41, 5.74) is 1.09. The molecule has 4 rings (SSSR count). The highest BCUT2D eigenvalue weighted by Crippen LogP contribution is 2.32. The van der Waals surface area contributed by atoms with E-state index in [1.54, 1.807) is 42.5 Å². The third-order valence-corrected chi connectivity index (χ3v) is 6.57. The molecule has 2 aliphatic heterocycles. The van der Waals surface area contributed by atoms with E-state index in [9.17, 15) is 9.18 Å². The van der Waals surface area contributed by atoms with Gasteiger partial charge in [0.2, 0.25) is 0 Å². The maximum atomic E-state index is 14.5. The van der Waals surface area contributed by atoms with Crippen LogP contribution in [0.2, 0.25) is 10.0 Å². The van der Waals surface area contributed by atoms with E-state index < -0.39 is 5.82 Å². The van der Waals surface area contributed by atoms with Gasteiger partial charge in [-0.2, -0.15) is 0 Å². The molecule has 0 unspecified atom stereocenters. The number of nitrogens with zero attached hydrogens (tertiary/aromatic N) is 3. The number of halogens is 3. The summed E-state index contributed by atoms with van der Waals surface area (Å²) in [6.07, 6.45) is 1.63. The molecule has 0 bridgehead atoms. The van der Waals surface area contributed by atoms with Crippen LogP contribution < -0.4 is 4.90 Å². The number of benzene rings is 2. The number of ether oxygens (including phenoxy) is 1. The van der Waals surface area contributed by atoms with Gasteiger partial charge in [0.25, 0.3) is 5.91 Å². The second kappa shape index (κ2) is 10.1. The molecule has 2 aromatic rings. The number of para-hydroxylation sites is 1. The number of anilines is 1. The maximum absolute atomic E-state index is 14.5. The Bertz CT molecular complexity index is 1040. The van der Waals surface area contributed by atoms with Gasteiger partial charge in [0.15, 0.2) is 5.17 Å². The predicted octanol–water partition coefficient (Wildman–Crippen LogP) is 4.94. The Balaban J connectivity index is 1.59. The molecule has 0 N–H and O–H groups in total. The molecular weight excluding hydrogens is 460 g/mol. The number of carbonyl (C=O) groups excluding carboxylic acids is 1. The zero-order chi connectivity index (χ0) is 21.8. The lowest BCUT2D eigenvalue weighted by Crippen LogP contribution is -2.38. The third-order valence-electron chi connectivity index (χ3n) is 4.91. The molecule has 0 saturated carbocycles. The van der Waals surface area contributed by atoms with Gasteiger partial charge in [-0.05, 0) is 35.9 Å². The summed E-state index contributed by atoms with van der Waals surface area (Å²) in [5, 5.41) is 1.27. The molecule has 31 heavy (non-hydrogen) atoms. The normalized spacial score (nSPS) is 18.7. The Morgan fingerprint density at radius 1 is 1.13 bits per heavy atom. The minimum absolute atomic E-state index is 0.183.